The van der Waals surface area contributed by atoms with Gasteiger partial charge in [0.05, 0.1) is 17.4 Å². The highest BCUT2D eigenvalue weighted by molar-refractivity contribution is 7.99. The average Bonchev–Trinajstić information content (AvgIpc) is 2.60. The lowest BCUT2D eigenvalue weighted by atomic mass is 10.2. The summed E-state index contributed by atoms with van der Waals surface area (Å²) in [5, 5.41) is 3.17. The highest BCUT2D eigenvalue weighted by Crippen LogP contribution is 2.15. The molecule has 27 heavy (non-hydrogen) atoms. The van der Waals surface area contributed by atoms with Crippen LogP contribution in [0.25, 0.3) is 0 Å². The molecule has 0 saturated heterocycles. The number of hydrogen-bond donors (Lipinski definition) is 2. The molecule has 1 aromatic carbocycles. The number of H-pyrrole nitrogens is 1. The van der Waals surface area contributed by atoms with E-state index in [4.69, 9.17) is 4.74 Å². The van der Waals surface area contributed by atoms with E-state index in [-0.39, 0.29) is 23.3 Å². The van der Waals surface area contributed by atoms with Gasteiger partial charge in [0.25, 0.3) is 5.56 Å². The van der Waals surface area contributed by atoms with E-state index in [0.717, 1.165) is 24.6 Å². The van der Waals surface area contributed by atoms with E-state index in [1.54, 1.807) is 38.1 Å². The maximum atomic E-state index is 12.1. The van der Waals surface area contributed by atoms with Gasteiger partial charge in [-0.3, -0.25) is 9.59 Å². The molecule has 1 amide bonds. The Balaban J connectivity index is 1.90. The number of aromatic nitrogens is 2. The second kappa shape index (κ2) is 9.91. The van der Waals surface area contributed by atoms with Crippen molar-refractivity contribution in [3.63, 3.8) is 0 Å². The van der Waals surface area contributed by atoms with Crippen LogP contribution in [0.4, 0.5) is 5.69 Å². The number of aromatic amines is 1. The fourth-order valence-electron chi connectivity index (χ4n) is 2.24. The van der Waals surface area contributed by atoms with E-state index in [1.807, 2.05) is 6.92 Å². The minimum absolute atomic E-state index is 0.107. The second-order valence-corrected chi connectivity index (χ2v) is 7.12. The van der Waals surface area contributed by atoms with Crippen molar-refractivity contribution in [3.8, 4) is 0 Å². The number of carbonyl (C=O) groups excluding carboxylic acids is 2. The smallest absolute Gasteiger partial charge is 0.338 e. The van der Waals surface area contributed by atoms with Crippen LogP contribution in [0.3, 0.4) is 0 Å². The van der Waals surface area contributed by atoms with Gasteiger partial charge in [-0.25, -0.2) is 9.78 Å². The molecule has 0 aliphatic rings. The first-order valence-electron chi connectivity index (χ1n) is 8.71. The lowest BCUT2D eigenvalue weighted by molar-refractivity contribution is -0.113. The summed E-state index contributed by atoms with van der Waals surface area (Å²) in [6, 6.07) is 7.95. The van der Waals surface area contributed by atoms with Crippen LogP contribution in [0.5, 0.6) is 0 Å². The molecule has 0 spiro atoms. The molecule has 0 aliphatic heterocycles. The molecule has 0 aliphatic carbocycles. The van der Waals surface area contributed by atoms with E-state index in [0.29, 0.717) is 22.1 Å². The van der Waals surface area contributed by atoms with Gasteiger partial charge in [0, 0.05) is 17.4 Å². The zero-order valence-corrected chi connectivity index (χ0v) is 16.4. The summed E-state index contributed by atoms with van der Waals surface area (Å²) >= 11 is 1.16. The van der Waals surface area contributed by atoms with Gasteiger partial charge >= 0.3 is 5.97 Å². The molecular weight excluding hydrogens is 366 g/mol. The number of ether oxygens (including phenoxy) is 1. The molecule has 144 valence electrons. The number of nitrogens with one attached hydrogen (secondary N) is 2. The van der Waals surface area contributed by atoms with Crippen LogP contribution in [0.1, 0.15) is 43.2 Å². The highest BCUT2D eigenvalue weighted by atomic mass is 32.2. The first-order chi connectivity index (χ1) is 12.9. The number of thioether (sulfide) groups is 1. The summed E-state index contributed by atoms with van der Waals surface area (Å²) in [4.78, 5) is 42.5. The molecule has 2 N–H and O–H groups in total. The average molecular weight is 389 g/mol. The van der Waals surface area contributed by atoms with Gasteiger partial charge in [-0.15, -0.1) is 0 Å². The number of benzene rings is 1. The molecule has 0 unspecified atom stereocenters. The van der Waals surface area contributed by atoms with Crippen LogP contribution in [-0.4, -0.2) is 33.7 Å². The minimum Gasteiger partial charge on any atom is -0.459 e. The fourth-order valence-corrected chi connectivity index (χ4v) is 2.93. The molecule has 1 heterocycles. The summed E-state index contributed by atoms with van der Waals surface area (Å²) in [7, 11) is 0. The lowest BCUT2D eigenvalue weighted by Crippen LogP contribution is -2.16. The molecule has 2 aromatic rings. The number of hydrogen-bond acceptors (Lipinski definition) is 6. The Bertz CT molecular complexity index is 847. The van der Waals surface area contributed by atoms with Crippen molar-refractivity contribution in [3.05, 3.63) is 51.9 Å². The molecule has 0 bridgehead atoms. The Morgan fingerprint density at radius 1 is 1.26 bits per heavy atom. The first-order valence-corrected chi connectivity index (χ1v) is 9.70. The number of carbonyl (C=O) groups is 2. The van der Waals surface area contributed by atoms with Gasteiger partial charge in [0.2, 0.25) is 5.91 Å². The van der Waals surface area contributed by atoms with Gasteiger partial charge in [-0.05, 0) is 44.5 Å². The number of esters is 1. The van der Waals surface area contributed by atoms with Crippen LogP contribution >= 0.6 is 11.8 Å². The molecular formula is C19H23N3O4S. The van der Waals surface area contributed by atoms with Gasteiger partial charge in [0.1, 0.15) is 0 Å². The van der Waals surface area contributed by atoms with Crippen LogP contribution in [-0.2, 0) is 16.0 Å². The summed E-state index contributed by atoms with van der Waals surface area (Å²) < 4.78 is 5.12. The number of nitrogens with zero attached hydrogens (tertiary/aromatic N) is 1. The van der Waals surface area contributed by atoms with E-state index < -0.39 is 5.97 Å². The second-order valence-electron chi connectivity index (χ2n) is 6.16. The van der Waals surface area contributed by atoms with Gasteiger partial charge < -0.3 is 15.0 Å². The Morgan fingerprint density at radius 3 is 2.59 bits per heavy atom. The highest BCUT2D eigenvalue weighted by Gasteiger charge is 2.10. The van der Waals surface area contributed by atoms with Crippen molar-refractivity contribution in [2.45, 2.75) is 44.9 Å². The van der Waals surface area contributed by atoms with E-state index in [9.17, 15) is 14.4 Å². The maximum Gasteiger partial charge on any atom is 0.338 e. The van der Waals surface area contributed by atoms with E-state index in [1.165, 1.54) is 6.07 Å². The molecule has 0 atom stereocenters. The van der Waals surface area contributed by atoms with Crippen molar-refractivity contribution in [2.24, 2.45) is 0 Å². The number of anilines is 1. The van der Waals surface area contributed by atoms with E-state index in [2.05, 4.69) is 15.3 Å². The quantitative estimate of drug-likeness (QED) is 0.409. The molecule has 1 aromatic heterocycles. The molecule has 0 radical (unpaired) electrons. The Morgan fingerprint density at radius 2 is 1.96 bits per heavy atom. The Hall–Kier alpha value is -2.61. The van der Waals surface area contributed by atoms with Gasteiger partial charge in [-0.1, -0.05) is 25.1 Å². The Labute approximate surface area is 161 Å². The van der Waals surface area contributed by atoms with Crippen molar-refractivity contribution < 1.29 is 14.3 Å². The number of aryl methyl sites for hydroxylation is 1. The molecule has 8 heteroatoms. The van der Waals surface area contributed by atoms with Gasteiger partial charge in [0.15, 0.2) is 5.16 Å². The van der Waals surface area contributed by atoms with E-state index >= 15 is 0 Å². The van der Waals surface area contributed by atoms with Crippen molar-refractivity contribution in [2.75, 3.05) is 11.1 Å². The van der Waals surface area contributed by atoms with Crippen LogP contribution in [0.15, 0.2) is 40.3 Å². The number of amides is 1. The van der Waals surface area contributed by atoms with Gasteiger partial charge in [-0.2, -0.15) is 0 Å². The van der Waals surface area contributed by atoms with Crippen molar-refractivity contribution in [1.82, 2.24) is 9.97 Å². The molecule has 7 nitrogen and oxygen atoms in total. The zero-order chi connectivity index (χ0) is 19.8. The zero-order valence-electron chi connectivity index (χ0n) is 15.6. The van der Waals surface area contributed by atoms with Crippen molar-refractivity contribution >= 4 is 29.3 Å². The van der Waals surface area contributed by atoms with Crippen LogP contribution in [0.2, 0.25) is 0 Å². The van der Waals surface area contributed by atoms with Crippen molar-refractivity contribution in [1.29, 1.82) is 0 Å². The topological polar surface area (TPSA) is 101 Å². The predicted octanol–water partition coefficient (Wildman–Crippen LogP) is 3.02. The minimum atomic E-state index is -0.402. The normalized spacial score (nSPS) is 10.7. The predicted molar refractivity (Wildman–Crippen MR) is 105 cm³/mol. The third-order valence-corrected chi connectivity index (χ3v) is 4.24. The summed E-state index contributed by atoms with van der Waals surface area (Å²) in [5.74, 6) is -0.531. The molecule has 2 rings (SSSR count). The SMILES string of the molecule is CCCc1cc(=O)[nH]c(SCC(=O)Nc2ccc(C(=O)OC(C)C)cc2)n1. The lowest BCUT2D eigenvalue weighted by Gasteiger charge is -2.09. The fraction of sp³-hybridized carbons (Fsp3) is 0.368. The maximum absolute atomic E-state index is 12.1. The summed E-state index contributed by atoms with van der Waals surface area (Å²) in [6.07, 6.45) is 1.42. The molecule has 0 fully saturated rings. The monoisotopic (exact) mass is 389 g/mol. The van der Waals surface area contributed by atoms with Crippen LogP contribution < -0.4 is 10.9 Å². The Kier molecular flexibility index (Phi) is 7.60. The standard InChI is InChI=1S/C19H23N3O4S/c1-4-5-15-10-16(23)22-19(21-15)27-11-17(24)20-14-8-6-13(7-9-14)18(25)26-12(2)3/h6-10,12H,4-5,11H2,1-3H3,(H,20,24)(H,21,22,23). The largest absolute Gasteiger partial charge is 0.459 e. The number of rotatable bonds is 8. The first kappa shape index (κ1) is 20.7. The third kappa shape index (κ3) is 6.90. The third-order valence-electron chi connectivity index (χ3n) is 3.37. The molecule has 0 saturated carbocycles. The summed E-state index contributed by atoms with van der Waals surface area (Å²) in [6.45, 7) is 5.57. The summed E-state index contributed by atoms with van der Waals surface area (Å²) in [5.41, 5.74) is 1.49. The van der Waals surface area contributed by atoms with Crippen LogP contribution in [0, 0.1) is 0 Å².